The number of anilines is 1. The molecule has 2 N–H and O–H groups in total. The summed E-state index contributed by atoms with van der Waals surface area (Å²) in [5.41, 5.74) is 4.09. The summed E-state index contributed by atoms with van der Waals surface area (Å²) in [6, 6.07) is 17.1. The van der Waals surface area contributed by atoms with Crippen LogP contribution in [0, 0.1) is 5.92 Å². The summed E-state index contributed by atoms with van der Waals surface area (Å²) >= 11 is 0. The molecule has 0 radical (unpaired) electrons. The van der Waals surface area contributed by atoms with Crippen molar-refractivity contribution in [2.75, 3.05) is 12.1 Å². The second-order valence-corrected chi connectivity index (χ2v) is 8.92. The van der Waals surface area contributed by atoms with E-state index in [0.29, 0.717) is 11.5 Å². The largest absolute Gasteiger partial charge is 0.454 e. The SMILES string of the molecule is CC1\C=C(N[C@@H](C)c2cccc(NC(=O)c3cccnc3)c2)/N=C(c2ccc3c(c2)OCO3)\C=C\C1. The Balaban J connectivity index is 1.35. The Kier molecular flexibility index (Phi) is 6.80. The number of benzene rings is 2. The van der Waals surface area contributed by atoms with E-state index < -0.39 is 0 Å². The number of ether oxygens (including phenoxy) is 2. The summed E-state index contributed by atoms with van der Waals surface area (Å²) < 4.78 is 11.0. The Morgan fingerprint density at radius 1 is 1.08 bits per heavy atom. The first-order valence-corrected chi connectivity index (χ1v) is 12.0. The summed E-state index contributed by atoms with van der Waals surface area (Å²) in [5.74, 6) is 2.43. The van der Waals surface area contributed by atoms with Crippen LogP contribution in [0.5, 0.6) is 11.5 Å². The van der Waals surface area contributed by atoms with Crippen molar-refractivity contribution >= 4 is 17.3 Å². The first-order chi connectivity index (χ1) is 17.5. The van der Waals surface area contributed by atoms with Crippen molar-refractivity contribution in [3.63, 3.8) is 0 Å². The lowest BCUT2D eigenvalue weighted by Crippen LogP contribution is -2.20. The highest BCUT2D eigenvalue weighted by atomic mass is 16.7. The Hall–Kier alpha value is -4.39. The zero-order chi connectivity index (χ0) is 24.9. The summed E-state index contributed by atoms with van der Waals surface area (Å²) in [7, 11) is 0. The fourth-order valence-electron chi connectivity index (χ4n) is 4.12. The van der Waals surface area contributed by atoms with Gasteiger partial charge in [-0.15, -0.1) is 0 Å². The molecule has 0 saturated heterocycles. The van der Waals surface area contributed by atoms with Crippen LogP contribution < -0.4 is 20.1 Å². The molecule has 1 amide bonds. The van der Waals surface area contributed by atoms with Gasteiger partial charge < -0.3 is 20.1 Å². The Labute approximate surface area is 210 Å². The summed E-state index contributed by atoms with van der Waals surface area (Å²) in [6.45, 7) is 4.49. The fraction of sp³-hybridized carbons (Fsp3) is 0.207. The maximum Gasteiger partial charge on any atom is 0.257 e. The Morgan fingerprint density at radius 2 is 1.97 bits per heavy atom. The van der Waals surface area contributed by atoms with E-state index in [-0.39, 0.29) is 18.7 Å². The van der Waals surface area contributed by atoms with Gasteiger partial charge in [0.2, 0.25) is 6.79 Å². The van der Waals surface area contributed by atoms with Crippen LogP contribution in [0.2, 0.25) is 0 Å². The molecule has 36 heavy (non-hydrogen) atoms. The molecule has 182 valence electrons. The highest BCUT2D eigenvalue weighted by molar-refractivity contribution is 6.09. The van der Waals surface area contributed by atoms with Crippen molar-refractivity contribution < 1.29 is 14.3 Å². The fourth-order valence-corrected chi connectivity index (χ4v) is 4.12. The number of aliphatic imine (C=N–C) groups is 1. The molecule has 5 rings (SSSR count). The second-order valence-electron chi connectivity index (χ2n) is 8.92. The average Bonchev–Trinajstić information content (AvgIpc) is 3.35. The number of nitrogens with one attached hydrogen (secondary N) is 2. The minimum atomic E-state index is -0.192. The highest BCUT2D eigenvalue weighted by Crippen LogP contribution is 2.33. The van der Waals surface area contributed by atoms with Crippen LogP contribution in [-0.4, -0.2) is 23.4 Å². The van der Waals surface area contributed by atoms with Gasteiger partial charge in [0.25, 0.3) is 5.91 Å². The molecular formula is C29H28N4O3. The number of carbonyl (C=O) groups excluding carboxylic acids is 1. The maximum atomic E-state index is 12.5. The number of aromatic nitrogens is 1. The predicted octanol–water partition coefficient (Wildman–Crippen LogP) is 5.64. The second kappa shape index (κ2) is 10.5. The monoisotopic (exact) mass is 480 g/mol. The summed E-state index contributed by atoms with van der Waals surface area (Å²) in [6.07, 6.45) is 10.5. The topological polar surface area (TPSA) is 84.8 Å². The Bertz CT molecular complexity index is 1350. The van der Waals surface area contributed by atoms with Crippen LogP contribution in [0.4, 0.5) is 5.69 Å². The van der Waals surface area contributed by atoms with Gasteiger partial charge in [0.05, 0.1) is 17.3 Å². The van der Waals surface area contributed by atoms with E-state index >= 15 is 0 Å². The van der Waals surface area contributed by atoms with Crippen LogP contribution >= 0.6 is 0 Å². The lowest BCUT2D eigenvalue weighted by Gasteiger charge is -2.20. The molecule has 0 spiro atoms. The summed E-state index contributed by atoms with van der Waals surface area (Å²) in [5, 5.41) is 6.51. The molecule has 0 saturated carbocycles. The van der Waals surface area contributed by atoms with Gasteiger partial charge in [0, 0.05) is 23.6 Å². The molecule has 2 aliphatic rings. The Morgan fingerprint density at radius 3 is 2.83 bits per heavy atom. The molecule has 2 aliphatic heterocycles. The number of allylic oxidation sites excluding steroid dienone is 3. The molecule has 1 unspecified atom stereocenters. The summed E-state index contributed by atoms with van der Waals surface area (Å²) in [4.78, 5) is 21.5. The van der Waals surface area contributed by atoms with Crippen molar-refractivity contribution in [1.82, 2.24) is 10.3 Å². The van der Waals surface area contributed by atoms with Crippen molar-refractivity contribution in [3.05, 3.63) is 108 Å². The van der Waals surface area contributed by atoms with Crippen LogP contribution in [0.15, 0.2) is 96.0 Å². The first kappa shape index (κ1) is 23.4. The zero-order valence-corrected chi connectivity index (χ0v) is 20.3. The van der Waals surface area contributed by atoms with Crippen LogP contribution in [0.3, 0.4) is 0 Å². The third kappa shape index (κ3) is 5.46. The minimum absolute atomic E-state index is 0.0381. The van der Waals surface area contributed by atoms with Gasteiger partial charge in [-0.05, 0) is 79.4 Å². The van der Waals surface area contributed by atoms with Crippen molar-refractivity contribution in [2.24, 2.45) is 10.9 Å². The molecule has 1 aromatic heterocycles. The highest BCUT2D eigenvalue weighted by Gasteiger charge is 2.17. The zero-order valence-electron chi connectivity index (χ0n) is 20.3. The predicted molar refractivity (Wildman–Crippen MR) is 140 cm³/mol. The average molecular weight is 481 g/mol. The van der Waals surface area contributed by atoms with Crippen molar-refractivity contribution in [2.45, 2.75) is 26.3 Å². The number of amides is 1. The lowest BCUT2D eigenvalue weighted by molar-refractivity contribution is 0.102. The third-order valence-corrected chi connectivity index (χ3v) is 6.07. The maximum absolute atomic E-state index is 12.5. The van der Waals surface area contributed by atoms with Crippen molar-refractivity contribution in [1.29, 1.82) is 0 Å². The molecule has 0 aliphatic carbocycles. The standard InChI is InChI=1S/C29H28N4O3/c1-19-6-3-10-25(22-11-12-26-27(16-22)36-18-35-26)33-28(14-19)31-20(2)21-7-4-9-24(15-21)32-29(34)23-8-5-13-30-17-23/h3-5,7-17,19-20,31H,6,18H2,1-2H3,(H,32,34)/b10-3+,28-14-,33-25+/t19?,20-/m0/s1. The minimum Gasteiger partial charge on any atom is -0.454 e. The molecule has 7 heteroatoms. The lowest BCUT2D eigenvalue weighted by atomic mass is 10.0. The van der Waals surface area contributed by atoms with Gasteiger partial charge in [0.15, 0.2) is 11.5 Å². The quantitative estimate of drug-likeness (QED) is 0.477. The van der Waals surface area contributed by atoms with Gasteiger partial charge in [-0.25, -0.2) is 4.99 Å². The molecule has 0 bridgehead atoms. The van der Waals surface area contributed by atoms with Gasteiger partial charge >= 0.3 is 0 Å². The number of fused-ring (bicyclic) bond motifs is 1. The van der Waals surface area contributed by atoms with Crippen LogP contribution in [0.1, 0.15) is 47.8 Å². The molecule has 7 nitrogen and oxygen atoms in total. The van der Waals surface area contributed by atoms with E-state index in [9.17, 15) is 4.79 Å². The molecular weight excluding hydrogens is 452 g/mol. The van der Waals surface area contributed by atoms with Gasteiger partial charge in [-0.3, -0.25) is 9.78 Å². The number of rotatable bonds is 6. The van der Waals surface area contributed by atoms with Crippen LogP contribution in [-0.2, 0) is 0 Å². The number of nitrogens with zero attached hydrogens (tertiary/aromatic N) is 2. The molecule has 3 heterocycles. The van der Waals surface area contributed by atoms with Gasteiger partial charge in [-0.2, -0.15) is 0 Å². The van der Waals surface area contributed by atoms with E-state index in [1.54, 1.807) is 24.5 Å². The van der Waals surface area contributed by atoms with E-state index in [1.807, 2.05) is 42.5 Å². The number of hydrogen-bond acceptors (Lipinski definition) is 6. The van der Waals surface area contributed by atoms with Crippen LogP contribution in [0.25, 0.3) is 0 Å². The number of pyridine rings is 1. The van der Waals surface area contributed by atoms with Gasteiger partial charge in [-0.1, -0.05) is 25.1 Å². The third-order valence-electron chi connectivity index (χ3n) is 6.07. The first-order valence-electron chi connectivity index (χ1n) is 12.0. The molecule has 2 aromatic carbocycles. The number of hydrogen-bond donors (Lipinski definition) is 2. The van der Waals surface area contributed by atoms with Crippen molar-refractivity contribution in [3.8, 4) is 11.5 Å². The van der Waals surface area contributed by atoms with E-state index in [0.717, 1.165) is 46.3 Å². The van der Waals surface area contributed by atoms with E-state index in [1.165, 1.54) is 0 Å². The smallest absolute Gasteiger partial charge is 0.257 e. The van der Waals surface area contributed by atoms with E-state index in [4.69, 9.17) is 14.5 Å². The normalized spacial score (nSPS) is 21.1. The molecule has 2 atom stereocenters. The van der Waals surface area contributed by atoms with E-state index in [2.05, 4.69) is 47.7 Å². The number of carbonyl (C=O) groups is 1. The van der Waals surface area contributed by atoms with Gasteiger partial charge in [0.1, 0.15) is 5.82 Å². The molecule has 0 fully saturated rings. The molecule has 3 aromatic rings.